The first-order chi connectivity index (χ1) is 14.5. The molecule has 0 bridgehead atoms. The van der Waals surface area contributed by atoms with E-state index >= 15 is 0 Å². The van der Waals surface area contributed by atoms with Crippen molar-refractivity contribution in [3.8, 4) is 0 Å². The number of rotatable bonds is 4. The molecule has 0 saturated carbocycles. The highest BCUT2D eigenvalue weighted by Gasteiger charge is 2.31. The molecule has 2 aromatic heterocycles. The zero-order valence-corrected chi connectivity index (χ0v) is 18.6. The van der Waals surface area contributed by atoms with Gasteiger partial charge in [-0.3, -0.25) is 19.0 Å². The van der Waals surface area contributed by atoms with E-state index in [0.717, 1.165) is 56.3 Å². The Labute approximate surface area is 180 Å². The predicted molar refractivity (Wildman–Crippen MR) is 118 cm³/mol. The molecule has 2 aliphatic heterocycles. The van der Waals surface area contributed by atoms with Crippen LogP contribution in [0, 0.1) is 12.8 Å². The maximum Gasteiger partial charge on any atom is 0.264 e. The molecule has 0 radical (unpaired) electrons. The molecule has 7 nitrogen and oxygen atoms in total. The molecule has 8 heteroatoms. The van der Waals surface area contributed by atoms with Crippen LogP contribution in [-0.2, 0) is 17.8 Å². The molecule has 1 fully saturated rings. The SMILES string of the molecule is CCCNC(=O)C1CCCN(C(=O)c2sc3nc4n(c(=O)c3c2C)CCCCC4)C1. The van der Waals surface area contributed by atoms with Crippen LogP contribution in [0.5, 0.6) is 0 Å². The number of piperidine rings is 1. The number of hydrogen-bond acceptors (Lipinski definition) is 5. The number of fused-ring (bicyclic) bond motifs is 2. The molecule has 1 unspecified atom stereocenters. The van der Waals surface area contributed by atoms with Crippen LogP contribution in [-0.4, -0.2) is 45.9 Å². The molecule has 1 atom stereocenters. The molecule has 30 heavy (non-hydrogen) atoms. The van der Waals surface area contributed by atoms with Crippen molar-refractivity contribution >= 4 is 33.4 Å². The van der Waals surface area contributed by atoms with Gasteiger partial charge in [0.1, 0.15) is 10.7 Å². The lowest BCUT2D eigenvalue weighted by Crippen LogP contribution is -2.45. The summed E-state index contributed by atoms with van der Waals surface area (Å²) in [6.45, 7) is 6.33. The third kappa shape index (κ3) is 3.89. The quantitative estimate of drug-likeness (QED) is 0.808. The molecule has 0 aromatic carbocycles. The fourth-order valence-electron chi connectivity index (χ4n) is 4.53. The minimum Gasteiger partial charge on any atom is -0.356 e. The lowest BCUT2D eigenvalue weighted by molar-refractivity contribution is -0.126. The van der Waals surface area contributed by atoms with E-state index in [4.69, 9.17) is 4.98 Å². The molecular weight excluding hydrogens is 400 g/mol. The first-order valence-corrected chi connectivity index (χ1v) is 11.9. The summed E-state index contributed by atoms with van der Waals surface area (Å²) in [6, 6.07) is 0. The second kappa shape index (κ2) is 8.88. The van der Waals surface area contributed by atoms with E-state index in [1.54, 1.807) is 9.47 Å². The number of likely N-dealkylation sites (tertiary alicyclic amines) is 1. The number of hydrogen-bond donors (Lipinski definition) is 1. The zero-order chi connectivity index (χ0) is 21.3. The summed E-state index contributed by atoms with van der Waals surface area (Å²) >= 11 is 1.33. The zero-order valence-electron chi connectivity index (χ0n) is 17.8. The normalized spacial score (nSPS) is 19.4. The topological polar surface area (TPSA) is 84.3 Å². The molecule has 4 heterocycles. The van der Waals surface area contributed by atoms with Crippen LogP contribution < -0.4 is 10.9 Å². The average molecular weight is 431 g/mol. The van der Waals surface area contributed by atoms with Crippen LogP contribution in [0.1, 0.15) is 66.5 Å². The molecule has 4 rings (SSSR count). The van der Waals surface area contributed by atoms with Gasteiger partial charge in [-0.2, -0.15) is 0 Å². The highest BCUT2D eigenvalue weighted by molar-refractivity contribution is 7.20. The summed E-state index contributed by atoms with van der Waals surface area (Å²) < 4.78 is 1.80. The standard InChI is InChI=1S/C22H30N4O3S/c1-3-10-23-19(27)15-8-7-11-25(13-15)22(29)18-14(2)17-20(30-18)24-16-9-5-4-6-12-26(16)21(17)28/h15H,3-13H2,1-2H3,(H,23,27). The van der Waals surface area contributed by atoms with Crippen molar-refractivity contribution < 1.29 is 9.59 Å². The molecule has 0 aliphatic carbocycles. The van der Waals surface area contributed by atoms with E-state index in [9.17, 15) is 14.4 Å². The van der Waals surface area contributed by atoms with Gasteiger partial charge in [-0.1, -0.05) is 13.3 Å². The number of carbonyl (C=O) groups is 2. The Morgan fingerprint density at radius 1 is 1.20 bits per heavy atom. The molecular formula is C22H30N4O3S. The third-order valence-electron chi connectivity index (χ3n) is 6.23. The van der Waals surface area contributed by atoms with Crippen LogP contribution in [0.3, 0.4) is 0 Å². The van der Waals surface area contributed by atoms with Crippen LogP contribution in [0.2, 0.25) is 0 Å². The van der Waals surface area contributed by atoms with Gasteiger partial charge in [-0.15, -0.1) is 11.3 Å². The van der Waals surface area contributed by atoms with Gasteiger partial charge in [-0.25, -0.2) is 4.98 Å². The highest BCUT2D eigenvalue weighted by Crippen LogP contribution is 2.30. The highest BCUT2D eigenvalue weighted by atomic mass is 32.1. The first-order valence-electron chi connectivity index (χ1n) is 11.1. The molecule has 0 spiro atoms. The first kappa shape index (κ1) is 21.0. The van der Waals surface area contributed by atoms with Crippen molar-refractivity contribution in [3.05, 3.63) is 26.6 Å². The van der Waals surface area contributed by atoms with Gasteiger partial charge in [0, 0.05) is 32.6 Å². The number of thiophene rings is 1. The van der Waals surface area contributed by atoms with Crippen LogP contribution in [0.25, 0.3) is 10.2 Å². The Bertz CT molecular complexity index is 1030. The average Bonchev–Trinajstić information content (AvgIpc) is 2.92. The van der Waals surface area contributed by atoms with Crippen molar-refractivity contribution in [2.24, 2.45) is 5.92 Å². The Hall–Kier alpha value is -2.22. The van der Waals surface area contributed by atoms with E-state index in [2.05, 4.69) is 5.32 Å². The van der Waals surface area contributed by atoms with Gasteiger partial charge in [-0.05, 0) is 44.6 Å². The van der Waals surface area contributed by atoms with Gasteiger partial charge in [0.15, 0.2) is 0 Å². The smallest absolute Gasteiger partial charge is 0.264 e. The van der Waals surface area contributed by atoms with Crippen molar-refractivity contribution in [1.29, 1.82) is 0 Å². The Kier molecular flexibility index (Phi) is 6.22. The van der Waals surface area contributed by atoms with Gasteiger partial charge in [0.2, 0.25) is 5.91 Å². The van der Waals surface area contributed by atoms with Crippen LogP contribution in [0.15, 0.2) is 4.79 Å². The molecule has 1 N–H and O–H groups in total. The predicted octanol–water partition coefficient (Wildman–Crippen LogP) is 2.87. The minimum absolute atomic E-state index is 0.0137. The molecule has 162 valence electrons. The van der Waals surface area contributed by atoms with E-state index in [-0.39, 0.29) is 23.3 Å². The summed E-state index contributed by atoms with van der Waals surface area (Å²) in [5.41, 5.74) is 0.717. The van der Waals surface area contributed by atoms with Gasteiger partial charge >= 0.3 is 0 Å². The number of aryl methyl sites for hydroxylation is 2. The maximum absolute atomic E-state index is 13.3. The third-order valence-corrected chi connectivity index (χ3v) is 7.41. The van der Waals surface area contributed by atoms with E-state index in [0.29, 0.717) is 41.3 Å². The van der Waals surface area contributed by atoms with Crippen LogP contribution in [0.4, 0.5) is 0 Å². The fourth-order valence-corrected chi connectivity index (χ4v) is 5.68. The number of nitrogens with zero attached hydrogens (tertiary/aromatic N) is 3. The van der Waals surface area contributed by atoms with Gasteiger partial charge < -0.3 is 10.2 Å². The number of aromatic nitrogens is 2. The van der Waals surface area contributed by atoms with Gasteiger partial charge in [0.25, 0.3) is 11.5 Å². The van der Waals surface area contributed by atoms with Crippen molar-refractivity contribution in [3.63, 3.8) is 0 Å². The summed E-state index contributed by atoms with van der Waals surface area (Å²) in [4.78, 5) is 46.7. The number of amides is 2. The van der Waals surface area contributed by atoms with Crippen LogP contribution >= 0.6 is 11.3 Å². The number of carbonyl (C=O) groups excluding carboxylic acids is 2. The second-order valence-electron chi connectivity index (χ2n) is 8.41. The van der Waals surface area contributed by atoms with E-state index < -0.39 is 0 Å². The second-order valence-corrected chi connectivity index (χ2v) is 9.41. The summed E-state index contributed by atoms with van der Waals surface area (Å²) in [7, 11) is 0. The summed E-state index contributed by atoms with van der Waals surface area (Å²) in [5.74, 6) is 0.633. The molecule has 2 amide bonds. The van der Waals surface area contributed by atoms with Gasteiger partial charge in [0.05, 0.1) is 16.2 Å². The van der Waals surface area contributed by atoms with Crippen molar-refractivity contribution in [2.75, 3.05) is 19.6 Å². The Morgan fingerprint density at radius 3 is 2.83 bits per heavy atom. The lowest BCUT2D eigenvalue weighted by Gasteiger charge is -2.32. The Morgan fingerprint density at radius 2 is 2.03 bits per heavy atom. The van der Waals surface area contributed by atoms with E-state index in [1.807, 2.05) is 13.8 Å². The minimum atomic E-state index is -0.163. The monoisotopic (exact) mass is 430 g/mol. The number of nitrogens with one attached hydrogen (secondary N) is 1. The lowest BCUT2D eigenvalue weighted by atomic mass is 9.96. The Balaban J connectivity index is 1.62. The summed E-state index contributed by atoms with van der Waals surface area (Å²) in [6.07, 6.45) is 6.48. The van der Waals surface area contributed by atoms with Crippen molar-refractivity contribution in [1.82, 2.24) is 19.8 Å². The van der Waals surface area contributed by atoms with E-state index in [1.165, 1.54) is 11.3 Å². The molecule has 2 aromatic rings. The largest absolute Gasteiger partial charge is 0.356 e. The summed E-state index contributed by atoms with van der Waals surface area (Å²) in [5, 5.41) is 3.54. The maximum atomic E-state index is 13.3. The molecule has 2 aliphatic rings. The van der Waals surface area contributed by atoms with Crippen molar-refractivity contribution in [2.45, 2.75) is 65.3 Å². The molecule has 1 saturated heterocycles. The fraction of sp³-hybridized carbons (Fsp3) is 0.636.